The van der Waals surface area contributed by atoms with Gasteiger partial charge >= 0.3 is 5.97 Å². The van der Waals surface area contributed by atoms with Gasteiger partial charge in [0.1, 0.15) is 0 Å². The average molecular weight is 658 g/mol. The number of hydrogen-bond acceptors (Lipinski definition) is 8. The minimum absolute atomic E-state index is 0.127. The fourth-order valence-corrected chi connectivity index (χ4v) is 13.3. The van der Waals surface area contributed by atoms with E-state index in [0.717, 1.165) is 64.5 Å². The molecule has 0 aromatic rings. The number of carbonyl (C=O) groups excluding carboxylic acids is 1. The highest BCUT2D eigenvalue weighted by Crippen LogP contribution is 2.87. The van der Waals surface area contributed by atoms with Crippen LogP contribution in [-0.2, 0) is 28.5 Å². The highest BCUT2D eigenvalue weighted by Gasteiger charge is 2.80. The van der Waals surface area contributed by atoms with Crippen LogP contribution in [0.4, 0.5) is 0 Å². The molecule has 0 aromatic heterocycles. The van der Waals surface area contributed by atoms with Gasteiger partial charge in [0, 0.05) is 6.54 Å². The molecule has 3 heterocycles. The zero-order valence-electron chi connectivity index (χ0n) is 30.3. The Morgan fingerprint density at radius 2 is 1.72 bits per heavy atom. The maximum atomic E-state index is 12.6. The summed E-state index contributed by atoms with van der Waals surface area (Å²) in [5, 5.41) is 11.1. The van der Waals surface area contributed by atoms with Crippen LogP contribution in [0.3, 0.4) is 0 Å². The van der Waals surface area contributed by atoms with Gasteiger partial charge in [0.15, 0.2) is 12.4 Å². The SMILES string of the molecule is CC(C)C(=O)O[C@@H](C1CCC2C(CC3C4CCC5C(C)(C)[C@@H](OC6CN(C7COC7)CCO6)CCC56C[C@@]46CCC23C)O1)C(C)(C)O. The molecule has 0 amide bonds. The Morgan fingerprint density at radius 3 is 2.43 bits per heavy atom. The van der Waals surface area contributed by atoms with E-state index in [9.17, 15) is 9.90 Å². The van der Waals surface area contributed by atoms with Gasteiger partial charge in [0.2, 0.25) is 0 Å². The molecule has 3 aliphatic heterocycles. The summed E-state index contributed by atoms with van der Waals surface area (Å²) in [4.78, 5) is 15.2. The lowest BCUT2D eigenvalue weighted by atomic mass is 9.46. The predicted octanol–water partition coefficient (Wildman–Crippen LogP) is 5.97. The summed E-state index contributed by atoms with van der Waals surface area (Å²) >= 11 is 0. The molecule has 2 spiro atoms. The number of morpholine rings is 1. The molecule has 8 aliphatic rings. The monoisotopic (exact) mass is 657 g/mol. The predicted molar refractivity (Wildman–Crippen MR) is 177 cm³/mol. The van der Waals surface area contributed by atoms with Crippen molar-refractivity contribution in [3.63, 3.8) is 0 Å². The number of esters is 1. The van der Waals surface area contributed by atoms with E-state index in [1.54, 1.807) is 13.8 Å². The number of aliphatic hydroxyl groups is 1. The number of fused-ring (bicyclic) bond motifs is 4. The molecule has 8 fully saturated rings. The maximum Gasteiger partial charge on any atom is 0.308 e. The molecular weight excluding hydrogens is 594 g/mol. The van der Waals surface area contributed by atoms with Gasteiger partial charge < -0.3 is 28.8 Å². The van der Waals surface area contributed by atoms with E-state index >= 15 is 0 Å². The molecule has 47 heavy (non-hydrogen) atoms. The second-order valence-electron chi connectivity index (χ2n) is 19.1. The Kier molecular flexibility index (Phi) is 8.07. The average Bonchev–Trinajstić information content (AvgIpc) is 3.55. The minimum Gasteiger partial charge on any atom is -0.456 e. The van der Waals surface area contributed by atoms with Crippen molar-refractivity contribution in [3.8, 4) is 0 Å². The van der Waals surface area contributed by atoms with Crippen molar-refractivity contribution in [1.82, 2.24) is 4.90 Å². The van der Waals surface area contributed by atoms with Gasteiger partial charge in [-0.3, -0.25) is 9.69 Å². The summed E-state index contributed by atoms with van der Waals surface area (Å²) in [5.74, 6) is 2.25. The number of ether oxygens (including phenoxy) is 5. The molecule has 0 radical (unpaired) electrons. The van der Waals surface area contributed by atoms with E-state index in [1.807, 2.05) is 13.8 Å². The molecule has 0 bridgehead atoms. The van der Waals surface area contributed by atoms with E-state index < -0.39 is 11.7 Å². The number of hydrogen-bond donors (Lipinski definition) is 1. The summed E-state index contributed by atoms with van der Waals surface area (Å²) < 4.78 is 31.5. The summed E-state index contributed by atoms with van der Waals surface area (Å²) in [6.45, 7) is 19.2. The van der Waals surface area contributed by atoms with Gasteiger partial charge in [-0.2, -0.15) is 0 Å². The fraction of sp³-hybridized carbons (Fsp3) is 0.974. The highest BCUT2D eigenvalue weighted by molar-refractivity contribution is 5.71. The Bertz CT molecular complexity index is 1210. The van der Waals surface area contributed by atoms with Crippen LogP contribution < -0.4 is 0 Å². The largest absolute Gasteiger partial charge is 0.456 e. The lowest BCUT2D eigenvalue weighted by Crippen LogP contribution is -2.58. The van der Waals surface area contributed by atoms with E-state index in [1.165, 1.54) is 38.5 Å². The molecule has 1 N–H and O–H groups in total. The quantitative estimate of drug-likeness (QED) is 0.335. The van der Waals surface area contributed by atoms with Crippen LogP contribution in [0.15, 0.2) is 0 Å². The molecule has 8 rings (SSSR count). The smallest absolute Gasteiger partial charge is 0.308 e. The Hall–Kier alpha value is -0.770. The topological polar surface area (TPSA) is 86.7 Å². The molecule has 0 aromatic carbocycles. The van der Waals surface area contributed by atoms with Crippen molar-refractivity contribution in [2.75, 3.05) is 32.9 Å². The molecule has 8 nitrogen and oxygen atoms in total. The van der Waals surface area contributed by atoms with Crippen molar-refractivity contribution in [1.29, 1.82) is 0 Å². The Labute approximate surface area is 283 Å². The van der Waals surface area contributed by atoms with Crippen molar-refractivity contribution in [3.05, 3.63) is 0 Å². The third-order valence-corrected chi connectivity index (χ3v) is 15.8. The molecular formula is C39H63NO7. The van der Waals surface area contributed by atoms with Crippen molar-refractivity contribution >= 4 is 5.97 Å². The second kappa shape index (κ2) is 11.4. The number of carbonyl (C=O) groups is 1. The van der Waals surface area contributed by atoms with Crippen LogP contribution in [0, 0.1) is 51.2 Å². The summed E-state index contributed by atoms with van der Waals surface area (Å²) in [6.07, 6.45) is 11.7. The number of rotatable bonds is 7. The Balaban J connectivity index is 0.960. The Morgan fingerprint density at radius 1 is 0.957 bits per heavy atom. The van der Waals surface area contributed by atoms with Crippen molar-refractivity contribution in [2.45, 2.75) is 155 Å². The summed E-state index contributed by atoms with van der Waals surface area (Å²) in [6, 6.07) is 0.535. The van der Waals surface area contributed by atoms with Gasteiger partial charge in [0.05, 0.1) is 62.2 Å². The van der Waals surface area contributed by atoms with Gasteiger partial charge in [-0.25, -0.2) is 0 Å². The third kappa shape index (κ3) is 5.06. The van der Waals surface area contributed by atoms with Gasteiger partial charge in [-0.15, -0.1) is 0 Å². The molecule has 3 saturated heterocycles. The minimum atomic E-state index is -1.15. The van der Waals surface area contributed by atoms with Crippen LogP contribution in [0.25, 0.3) is 0 Å². The van der Waals surface area contributed by atoms with Crippen LogP contribution in [0.1, 0.15) is 113 Å². The summed E-state index contributed by atoms with van der Waals surface area (Å²) in [5.41, 5.74) is 0.256. The van der Waals surface area contributed by atoms with Crippen LogP contribution in [0.5, 0.6) is 0 Å². The highest BCUT2D eigenvalue weighted by atomic mass is 16.7. The van der Waals surface area contributed by atoms with E-state index in [4.69, 9.17) is 23.7 Å². The molecule has 266 valence electrons. The molecule has 9 unspecified atom stereocenters. The van der Waals surface area contributed by atoms with Crippen molar-refractivity contribution < 1.29 is 33.6 Å². The fourth-order valence-electron chi connectivity index (χ4n) is 13.3. The first-order valence-corrected chi connectivity index (χ1v) is 19.4. The second-order valence-corrected chi connectivity index (χ2v) is 19.1. The van der Waals surface area contributed by atoms with Crippen LogP contribution in [-0.4, -0.2) is 91.2 Å². The molecule has 8 heteroatoms. The third-order valence-electron chi connectivity index (χ3n) is 15.8. The van der Waals surface area contributed by atoms with E-state index in [-0.39, 0.29) is 41.9 Å². The van der Waals surface area contributed by atoms with Crippen LogP contribution in [0.2, 0.25) is 0 Å². The lowest BCUT2D eigenvalue weighted by molar-refractivity contribution is -0.253. The van der Waals surface area contributed by atoms with Gasteiger partial charge in [-0.05, 0) is 123 Å². The lowest BCUT2D eigenvalue weighted by Gasteiger charge is -2.60. The normalized spacial score (nSPS) is 48.3. The summed E-state index contributed by atoms with van der Waals surface area (Å²) in [7, 11) is 0. The van der Waals surface area contributed by atoms with Crippen molar-refractivity contribution in [2.24, 2.45) is 51.2 Å². The zero-order valence-corrected chi connectivity index (χ0v) is 30.3. The van der Waals surface area contributed by atoms with E-state index in [2.05, 4.69) is 25.7 Å². The molecule has 5 aliphatic carbocycles. The van der Waals surface area contributed by atoms with Crippen LogP contribution >= 0.6 is 0 Å². The van der Waals surface area contributed by atoms with Gasteiger partial charge in [0.25, 0.3) is 0 Å². The molecule has 5 saturated carbocycles. The zero-order chi connectivity index (χ0) is 33.1. The first kappa shape index (κ1) is 33.4. The standard InChI is InChI=1S/C39H63NO7/c1-23(2)34(41)47-33(36(5,6)42)28-10-8-26-29(45-28)18-27-25-9-11-30-35(3,4)31(46-32-19-40(16-17-44-32)24-20-43-21-24)12-13-39(30)22-38(25,39)15-14-37(26,27)7/h23-33,42H,8-22H2,1-7H3/t25?,26?,27?,28?,29?,30?,31-,32?,33-,37?,38-,39?/m0/s1. The maximum absolute atomic E-state index is 12.6. The molecule has 12 atom stereocenters. The van der Waals surface area contributed by atoms with Gasteiger partial charge in [-0.1, -0.05) is 34.6 Å². The number of nitrogens with zero attached hydrogens (tertiary/aromatic N) is 1. The first-order valence-electron chi connectivity index (χ1n) is 19.4. The van der Waals surface area contributed by atoms with E-state index in [0.29, 0.717) is 40.0 Å². The first-order chi connectivity index (χ1) is 22.2.